The van der Waals surface area contributed by atoms with Crippen LogP contribution in [0.15, 0.2) is 65.3 Å². The molecular formula is C27H29ClN4O3. The summed E-state index contributed by atoms with van der Waals surface area (Å²) in [7, 11) is 0. The minimum atomic E-state index is -0.270. The van der Waals surface area contributed by atoms with E-state index in [1.54, 1.807) is 23.2 Å². The number of unbranched alkanes of at least 4 members (excludes halogenated alkanes) is 1. The molecule has 182 valence electrons. The van der Waals surface area contributed by atoms with Gasteiger partial charge in [0.2, 0.25) is 5.89 Å². The molecule has 3 aromatic rings. The number of rotatable bonds is 8. The van der Waals surface area contributed by atoms with Gasteiger partial charge in [-0.3, -0.25) is 4.79 Å². The second-order valence-electron chi connectivity index (χ2n) is 8.90. The van der Waals surface area contributed by atoms with Crippen LogP contribution in [0.4, 0.5) is 0 Å². The van der Waals surface area contributed by atoms with E-state index < -0.39 is 0 Å². The average Bonchev–Trinajstić information content (AvgIpc) is 3.46. The second-order valence-corrected chi connectivity index (χ2v) is 9.34. The molecule has 1 amide bonds. The lowest BCUT2D eigenvalue weighted by Crippen LogP contribution is -2.47. The lowest BCUT2D eigenvalue weighted by atomic mass is 10.0. The number of hydrazine groups is 1. The standard InChI is InChI=1S/C27H29ClN4O3/c1-3-4-15-34-22-11-7-19(8-12-22)23-16-25-27(33)31(13-14-32(25)30-23)17-24-18(2)35-26(29-24)20-5-9-21(28)10-6-20/h5-14,23,25,30H,3-4,15-17H2,1-2H3. The molecule has 1 fully saturated rings. The smallest absolute Gasteiger partial charge is 0.251 e. The largest absolute Gasteiger partial charge is 0.494 e. The fourth-order valence-electron chi connectivity index (χ4n) is 4.37. The summed E-state index contributed by atoms with van der Waals surface area (Å²) in [4.78, 5) is 19.7. The van der Waals surface area contributed by atoms with Crippen molar-refractivity contribution in [1.29, 1.82) is 0 Å². The first-order valence-electron chi connectivity index (χ1n) is 12.0. The Balaban J connectivity index is 1.23. The van der Waals surface area contributed by atoms with Crippen molar-refractivity contribution in [2.45, 2.75) is 51.7 Å². The maximum atomic E-state index is 13.3. The van der Waals surface area contributed by atoms with Crippen molar-refractivity contribution in [2.75, 3.05) is 6.61 Å². The van der Waals surface area contributed by atoms with Crippen LogP contribution in [0.2, 0.25) is 5.02 Å². The van der Waals surface area contributed by atoms with Gasteiger partial charge in [0.15, 0.2) is 0 Å². The van der Waals surface area contributed by atoms with Gasteiger partial charge in [-0.15, -0.1) is 0 Å². The van der Waals surface area contributed by atoms with Crippen LogP contribution in [0, 0.1) is 6.92 Å². The van der Waals surface area contributed by atoms with Crippen LogP contribution in [0.1, 0.15) is 49.2 Å². The summed E-state index contributed by atoms with van der Waals surface area (Å²) in [5.41, 5.74) is 6.17. The molecule has 5 rings (SSSR count). The van der Waals surface area contributed by atoms with Crippen LogP contribution < -0.4 is 10.2 Å². The molecule has 2 unspecified atom stereocenters. The number of carbonyl (C=O) groups is 1. The molecule has 2 atom stereocenters. The van der Waals surface area contributed by atoms with E-state index >= 15 is 0 Å². The fourth-order valence-corrected chi connectivity index (χ4v) is 4.49. The molecule has 0 aliphatic carbocycles. The molecule has 7 nitrogen and oxygen atoms in total. The SMILES string of the molecule is CCCCOc1ccc(C2CC3C(=O)N(Cc4nc(-c5ccc(Cl)cc5)oc4C)C=CN3N2)cc1. The number of hydrogen-bond donors (Lipinski definition) is 1. The molecule has 3 heterocycles. The zero-order valence-corrected chi connectivity index (χ0v) is 20.7. The summed E-state index contributed by atoms with van der Waals surface area (Å²) in [6, 6.07) is 15.3. The van der Waals surface area contributed by atoms with Gasteiger partial charge in [-0.05, 0) is 61.7 Å². The number of nitrogens with one attached hydrogen (secondary N) is 1. The Hall–Kier alpha value is -3.29. The molecule has 1 saturated heterocycles. The predicted octanol–water partition coefficient (Wildman–Crippen LogP) is 5.62. The third-order valence-electron chi connectivity index (χ3n) is 6.43. The summed E-state index contributed by atoms with van der Waals surface area (Å²) in [5.74, 6) is 2.13. The predicted molar refractivity (Wildman–Crippen MR) is 134 cm³/mol. The maximum Gasteiger partial charge on any atom is 0.251 e. The number of oxazole rings is 1. The maximum absolute atomic E-state index is 13.3. The number of aromatic nitrogens is 1. The van der Waals surface area contributed by atoms with Gasteiger partial charge in [0.25, 0.3) is 5.91 Å². The van der Waals surface area contributed by atoms with E-state index in [-0.39, 0.29) is 18.0 Å². The van der Waals surface area contributed by atoms with Gasteiger partial charge in [-0.1, -0.05) is 37.1 Å². The number of ether oxygens (including phenoxy) is 1. The van der Waals surface area contributed by atoms with Crippen LogP contribution in [-0.2, 0) is 11.3 Å². The van der Waals surface area contributed by atoms with E-state index in [1.165, 1.54) is 0 Å². The van der Waals surface area contributed by atoms with Crippen molar-refractivity contribution >= 4 is 17.5 Å². The highest BCUT2D eigenvalue weighted by Crippen LogP contribution is 2.32. The van der Waals surface area contributed by atoms with Crippen LogP contribution in [0.3, 0.4) is 0 Å². The number of aryl methyl sites for hydroxylation is 1. The zero-order chi connectivity index (χ0) is 24.4. The van der Waals surface area contributed by atoms with Crippen LogP contribution in [0.25, 0.3) is 11.5 Å². The van der Waals surface area contributed by atoms with Crippen molar-refractivity contribution in [3.8, 4) is 17.2 Å². The molecule has 0 bridgehead atoms. The van der Waals surface area contributed by atoms with Crippen LogP contribution >= 0.6 is 11.6 Å². The van der Waals surface area contributed by atoms with Crippen LogP contribution in [0.5, 0.6) is 5.75 Å². The van der Waals surface area contributed by atoms with Gasteiger partial charge in [0.05, 0.1) is 19.2 Å². The van der Waals surface area contributed by atoms with Crippen molar-refractivity contribution < 1.29 is 13.9 Å². The molecule has 0 radical (unpaired) electrons. The van der Waals surface area contributed by atoms with E-state index in [9.17, 15) is 4.79 Å². The first-order valence-corrected chi connectivity index (χ1v) is 12.4. The van der Waals surface area contributed by atoms with E-state index in [0.29, 0.717) is 29.6 Å². The molecule has 2 aliphatic rings. The molecule has 8 heteroatoms. The summed E-state index contributed by atoms with van der Waals surface area (Å²) in [6.45, 7) is 5.11. The first kappa shape index (κ1) is 23.5. The molecular weight excluding hydrogens is 464 g/mol. The normalized spacial score (nSPS) is 19.3. The van der Waals surface area contributed by atoms with Gasteiger partial charge < -0.3 is 19.1 Å². The Kier molecular flexibility index (Phi) is 6.79. The van der Waals surface area contributed by atoms with Crippen molar-refractivity contribution in [3.63, 3.8) is 0 Å². The minimum Gasteiger partial charge on any atom is -0.494 e. The summed E-state index contributed by atoms with van der Waals surface area (Å²) in [5, 5.41) is 2.56. The van der Waals surface area contributed by atoms with Crippen molar-refractivity contribution in [1.82, 2.24) is 20.3 Å². The minimum absolute atomic E-state index is 0.0393. The Bertz CT molecular complexity index is 1210. The Morgan fingerprint density at radius 3 is 2.66 bits per heavy atom. The number of halogens is 1. The third-order valence-corrected chi connectivity index (χ3v) is 6.68. The Morgan fingerprint density at radius 2 is 1.91 bits per heavy atom. The lowest BCUT2D eigenvalue weighted by Gasteiger charge is -2.31. The number of benzene rings is 2. The quantitative estimate of drug-likeness (QED) is 0.412. The molecule has 2 aromatic carbocycles. The lowest BCUT2D eigenvalue weighted by molar-refractivity contribution is -0.135. The monoisotopic (exact) mass is 492 g/mol. The number of hydrogen-bond acceptors (Lipinski definition) is 6. The molecule has 1 aromatic heterocycles. The molecule has 35 heavy (non-hydrogen) atoms. The van der Waals surface area contributed by atoms with Crippen molar-refractivity contribution in [2.24, 2.45) is 0 Å². The third kappa shape index (κ3) is 5.06. The first-order chi connectivity index (χ1) is 17.0. The van der Waals surface area contributed by atoms with Gasteiger partial charge in [-0.25, -0.2) is 10.4 Å². The molecule has 0 spiro atoms. The van der Waals surface area contributed by atoms with Gasteiger partial charge in [0, 0.05) is 23.0 Å². The summed E-state index contributed by atoms with van der Waals surface area (Å²) >= 11 is 5.99. The second kappa shape index (κ2) is 10.1. The van der Waals surface area contributed by atoms with E-state index in [2.05, 4.69) is 29.5 Å². The Labute approximate surface area is 210 Å². The highest BCUT2D eigenvalue weighted by molar-refractivity contribution is 6.30. The zero-order valence-electron chi connectivity index (χ0n) is 19.9. The number of amides is 1. The fraction of sp³-hybridized carbons (Fsp3) is 0.333. The van der Waals surface area contributed by atoms with Crippen LogP contribution in [-0.4, -0.2) is 33.4 Å². The Morgan fingerprint density at radius 1 is 1.14 bits per heavy atom. The number of fused-ring (bicyclic) bond motifs is 1. The highest BCUT2D eigenvalue weighted by atomic mass is 35.5. The number of carbonyl (C=O) groups excluding carboxylic acids is 1. The number of nitrogens with zero attached hydrogens (tertiary/aromatic N) is 3. The van der Waals surface area contributed by atoms with E-state index in [1.807, 2.05) is 42.4 Å². The van der Waals surface area contributed by atoms with Crippen molar-refractivity contribution in [3.05, 3.63) is 83.0 Å². The van der Waals surface area contributed by atoms with E-state index in [4.69, 9.17) is 20.8 Å². The van der Waals surface area contributed by atoms with Gasteiger partial charge in [0.1, 0.15) is 23.2 Å². The van der Waals surface area contributed by atoms with E-state index in [0.717, 1.165) is 42.0 Å². The molecule has 2 aliphatic heterocycles. The topological polar surface area (TPSA) is 70.8 Å². The molecule has 0 saturated carbocycles. The van der Waals surface area contributed by atoms with Gasteiger partial charge >= 0.3 is 0 Å². The molecule has 1 N–H and O–H groups in total. The summed E-state index contributed by atoms with van der Waals surface area (Å²) in [6.07, 6.45) is 6.56. The summed E-state index contributed by atoms with van der Waals surface area (Å²) < 4.78 is 11.6. The average molecular weight is 493 g/mol. The van der Waals surface area contributed by atoms with Gasteiger partial charge in [-0.2, -0.15) is 0 Å². The highest BCUT2D eigenvalue weighted by Gasteiger charge is 2.40.